The van der Waals surface area contributed by atoms with E-state index < -0.39 is 10.0 Å². The van der Waals surface area contributed by atoms with Crippen molar-refractivity contribution in [3.63, 3.8) is 0 Å². The molecule has 0 fully saturated rings. The number of aromatic nitrogens is 1. The third-order valence-electron chi connectivity index (χ3n) is 3.69. The van der Waals surface area contributed by atoms with E-state index in [4.69, 9.17) is 0 Å². The molecule has 0 saturated heterocycles. The fourth-order valence-corrected chi connectivity index (χ4v) is 3.92. The average Bonchev–Trinajstić information content (AvgIpc) is 2.92. The highest BCUT2D eigenvalue weighted by atomic mass is 79.9. The molecule has 0 radical (unpaired) electrons. The lowest BCUT2D eigenvalue weighted by molar-refractivity contribution is 0.584. The van der Waals surface area contributed by atoms with Crippen LogP contribution in [0.2, 0.25) is 0 Å². The summed E-state index contributed by atoms with van der Waals surface area (Å²) in [7, 11) is -3.70. The van der Waals surface area contributed by atoms with Crippen LogP contribution >= 0.6 is 15.9 Å². The average molecular weight is 406 g/mol. The van der Waals surface area contributed by atoms with Crippen LogP contribution in [0, 0.1) is 13.8 Å². The summed E-state index contributed by atoms with van der Waals surface area (Å²) in [5.41, 5.74) is 3.32. The first-order valence-corrected chi connectivity index (χ1v) is 9.53. The normalized spacial score (nSPS) is 12.1. The van der Waals surface area contributed by atoms with Gasteiger partial charge in [0.15, 0.2) is 0 Å². The van der Waals surface area contributed by atoms with Gasteiger partial charge >= 0.3 is 0 Å². The molecule has 1 aromatic heterocycles. The molecule has 3 rings (SSSR count). The number of halogens is 1. The van der Waals surface area contributed by atoms with Gasteiger partial charge in [-0.25, -0.2) is 4.83 Å². The molecule has 0 unspecified atom stereocenters. The van der Waals surface area contributed by atoms with E-state index in [9.17, 15) is 8.42 Å². The van der Waals surface area contributed by atoms with E-state index in [1.54, 1.807) is 25.3 Å². The lowest BCUT2D eigenvalue weighted by atomic mass is 10.2. The van der Waals surface area contributed by atoms with Crippen LogP contribution in [0.3, 0.4) is 0 Å². The first-order chi connectivity index (χ1) is 11.4. The Labute approximate surface area is 149 Å². The minimum Gasteiger partial charge on any atom is -0.361 e. The number of hydrazone groups is 1. The predicted octanol–water partition coefficient (Wildman–Crippen LogP) is 3.86. The van der Waals surface area contributed by atoms with Crippen LogP contribution in [0.25, 0.3) is 10.9 Å². The summed E-state index contributed by atoms with van der Waals surface area (Å²) >= 11 is 3.43. The third-order valence-corrected chi connectivity index (χ3v) is 5.54. The summed E-state index contributed by atoms with van der Waals surface area (Å²) < 4.78 is 25.8. The molecule has 7 heteroatoms. The van der Waals surface area contributed by atoms with E-state index in [0.717, 1.165) is 26.5 Å². The van der Waals surface area contributed by atoms with Crippen LogP contribution < -0.4 is 4.83 Å². The van der Waals surface area contributed by atoms with Gasteiger partial charge in [-0.1, -0.05) is 28.1 Å². The second-order valence-electron chi connectivity index (χ2n) is 5.56. The summed E-state index contributed by atoms with van der Waals surface area (Å²) in [6.45, 7) is 3.61. The maximum absolute atomic E-state index is 12.4. The van der Waals surface area contributed by atoms with Crippen molar-refractivity contribution in [3.05, 3.63) is 63.8 Å². The summed E-state index contributed by atoms with van der Waals surface area (Å²) in [6, 6.07) is 11.1. The van der Waals surface area contributed by atoms with Crippen molar-refractivity contribution < 1.29 is 8.42 Å². The van der Waals surface area contributed by atoms with Crippen LogP contribution in [0.15, 0.2) is 57.1 Å². The molecule has 0 aliphatic heterocycles. The number of sulfonamides is 1. The second-order valence-corrected chi connectivity index (χ2v) is 8.10. The minimum atomic E-state index is -3.70. The van der Waals surface area contributed by atoms with Gasteiger partial charge in [-0.2, -0.15) is 13.5 Å². The summed E-state index contributed by atoms with van der Waals surface area (Å²) in [5.74, 6) is 0. The maximum Gasteiger partial charge on any atom is 0.276 e. The molecule has 24 heavy (non-hydrogen) atoms. The highest BCUT2D eigenvalue weighted by Gasteiger charge is 2.15. The molecule has 0 atom stereocenters. The maximum atomic E-state index is 12.4. The molecule has 0 aliphatic rings. The lowest BCUT2D eigenvalue weighted by Crippen LogP contribution is -2.19. The Bertz CT molecular complexity index is 1040. The van der Waals surface area contributed by atoms with Crippen molar-refractivity contribution in [2.75, 3.05) is 0 Å². The minimum absolute atomic E-state index is 0.237. The second kappa shape index (κ2) is 6.41. The fraction of sp³-hybridized carbons (Fsp3) is 0.118. The zero-order valence-corrected chi connectivity index (χ0v) is 15.6. The van der Waals surface area contributed by atoms with Gasteiger partial charge in [0.25, 0.3) is 10.0 Å². The Morgan fingerprint density at radius 3 is 2.75 bits per heavy atom. The van der Waals surface area contributed by atoms with Gasteiger partial charge in [0.2, 0.25) is 0 Å². The van der Waals surface area contributed by atoms with E-state index >= 15 is 0 Å². The van der Waals surface area contributed by atoms with E-state index in [2.05, 4.69) is 30.8 Å². The number of fused-ring (bicyclic) bond motifs is 1. The number of H-pyrrole nitrogens is 1. The van der Waals surface area contributed by atoms with Crippen LogP contribution in [-0.2, 0) is 10.0 Å². The highest BCUT2D eigenvalue weighted by Crippen LogP contribution is 2.21. The molecule has 1 heterocycles. The molecule has 5 nitrogen and oxygen atoms in total. The summed E-state index contributed by atoms with van der Waals surface area (Å²) in [6.07, 6.45) is 3.28. The van der Waals surface area contributed by atoms with Gasteiger partial charge in [-0.15, -0.1) is 0 Å². The SMILES string of the molecule is Cc1ccc(C)c(S(=O)(=O)NN=Cc2c[nH]c3ccc(Br)cc23)c1. The van der Waals surface area contributed by atoms with Gasteiger partial charge < -0.3 is 4.98 Å². The van der Waals surface area contributed by atoms with Gasteiger partial charge in [0.05, 0.1) is 11.1 Å². The van der Waals surface area contributed by atoms with E-state index in [1.165, 1.54) is 6.21 Å². The Hall–Kier alpha value is -2.12. The molecule has 0 amide bonds. The molecule has 0 saturated carbocycles. The van der Waals surface area contributed by atoms with Gasteiger partial charge in [0.1, 0.15) is 0 Å². The van der Waals surface area contributed by atoms with Crippen LogP contribution in [0.5, 0.6) is 0 Å². The van der Waals surface area contributed by atoms with E-state index in [-0.39, 0.29) is 4.90 Å². The van der Waals surface area contributed by atoms with Gasteiger partial charge in [-0.3, -0.25) is 0 Å². The number of hydrogen-bond acceptors (Lipinski definition) is 3. The number of benzene rings is 2. The Kier molecular flexibility index (Phi) is 4.47. The summed E-state index contributed by atoms with van der Waals surface area (Å²) in [5, 5.41) is 4.87. The smallest absolute Gasteiger partial charge is 0.276 e. The van der Waals surface area contributed by atoms with Crippen molar-refractivity contribution in [2.45, 2.75) is 18.7 Å². The molecule has 0 aliphatic carbocycles. The first-order valence-electron chi connectivity index (χ1n) is 7.25. The Balaban J connectivity index is 1.87. The van der Waals surface area contributed by atoms with Gasteiger partial charge in [0, 0.05) is 27.1 Å². The molecule has 3 aromatic rings. The number of rotatable bonds is 4. The fourth-order valence-electron chi connectivity index (χ4n) is 2.43. The predicted molar refractivity (Wildman–Crippen MR) is 99.8 cm³/mol. The van der Waals surface area contributed by atoms with Crippen LogP contribution in [0.4, 0.5) is 0 Å². The molecule has 0 bridgehead atoms. The molecule has 0 spiro atoms. The van der Waals surface area contributed by atoms with Crippen molar-refractivity contribution in [1.29, 1.82) is 0 Å². The van der Waals surface area contributed by atoms with Crippen LogP contribution in [-0.4, -0.2) is 19.6 Å². The van der Waals surface area contributed by atoms with Crippen molar-refractivity contribution >= 4 is 43.1 Å². The molecular formula is C17H16BrN3O2S. The largest absolute Gasteiger partial charge is 0.361 e. The zero-order chi connectivity index (χ0) is 17.3. The number of hydrogen-bond donors (Lipinski definition) is 2. The standard InChI is InChI=1S/C17H16BrN3O2S/c1-11-3-4-12(2)17(7-11)24(22,23)21-20-10-13-9-19-16-6-5-14(18)8-15(13)16/h3-10,19,21H,1-2H3. The molecule has 2 N–H and O–H groups in total. The van der Waals surface area contributed by atoms with Crippen LogP contribution in [0.1, 0.15) is 16.7 Å². The highest BCUT2D eigenvalue weighted by molar-refractivity contribution is 9.10. The first kappa shape index (κ1) is 16.7. The monoisotopic (exact) mass is 405 g/mol. The Morgan fingerprint density at radius 2 is 1.96 bits per heavy atom. The summed E-state index contributed by atoms with van der Waals surface area (Å²) in [4.78, 5) is 5.64. The number of aromatic amines is 1. The van der Waals surface area contributed by atoms with Crippen molar-refractivity contribution in [1.82, 2.24) is 9.82 Å². The van der Waals surface area contributed by atoms with E-state index in [0.29, 0.717) is 5.56 Å². The topological polar surface area (TPSA) is 74.3 Å². The Morgan fingerprint density at radius 1 is 1.17 bits per heavy atom. The quantitative estimate of drug-likeness (QED) is 0.510. The zero-order valence-electron chi connectivity index (χ0n) is 13.2. The van der Waals surface area contributed by atoms with Crippen molar-refractivity contribution in [3.8, 4) is 0 Å². The number of nitrogens with one attached hydrogen (secondary N) is 2. The lowest BCUT2D eigenvalue weighted by Gasteiger charge is -2.07. The molecular weight excluding hydrogens is 390 g/mol. The molecule has 2 aromatic carbocycles. The van der Waals surface area contributed by atoms with E-state index in [1.807, 2.05) is 31.2 Å². The van der Waals surface area contributed by atoms with Crippen molar-refractivity contribution in [2.24, 2.45) is 5.10 Å². The van der Waals surface area contributed by atoms with Gasteiger partial charge in [-0.05, 0) is 49.2 Å². The molecule has 124 valence electrons. The number of nitrogens with zero attached hydrogens (tertiary/aromatic N) is 1. The number of aryl methyl sites for hydroxylation is 2. The third kappa shape index (κ3) is 3.37.